The van der Waals surface area contributed by atoms with E-state index < -0.39 is 6.04 Å². The number of H-pyrrole nitrogens is 1. The van der Waals surface area contributed by atoms with E-state index in [9.17, 15) is 4.79 Å². The molecular weight excluding hydrogens is 316 g/mol. The lowest BCUT2D eigenvalue weighted by atomic mass is 10.0. The fraction of sp³-hybridized carbons (Fsp3) is 0.278. The number of aromatic amines is 1. The first-order valence-electron chi connectivity index (χ1n) is 8.12. The summed E-state index contributed by atoms with van der Waals surface area (Å²) in [5.41, 5.74) is 10.4. The molecule has 0 fully saturated rings. The van der Waals surface area contributed by atoms with E-state index in [1.165, 1.54) is 0 Å². The number of carbonyl (C=O) groups is 1. The molecule has 7 nitrogen and oxygen atoms in total. The SMILES string of the molecule is Cc1n[nH]c(C)c1C(N)C(=O)NCc1ccccc1-n1ccnc1C. The van der Waals surface area contributed by atoms with Crippen LogP contribution in [0.2, 0.25) is 0 Å². The van der Waals surface area contributed by atoms with Gasteiger partial charge in [0.25, 0.3) is 0 Å². The average molecular weight is 338 g/mol. The Morgan fingerprint density at radius 3 is 2.72 bits per heavy atom. The second kappa shape index (κ2) is 6.90. The van der Waals surface area contributed by atoms with E-state index in [2.05, 4.69) is 20.5 Å². The minimum atomic E-state index is -0.749. The molecule has 0 aliphatic heterocycles. The fourth-order valence-corrected chi connectivity index (χ4v) is 2.97. The van der Waals surface area contributed by atoms with Crippen molar-refractivity contribution in [2.24, 2.45) is 5.73 Å². The minimum absolute atomic E-state index is 0.232. The van der Waals surface area contributed by atoms with Crippen LogP contribution in [0.4, 0.5) is 0 Å². The van der Waals surface area contributed by atoms with Crippen molar-refractivity contribution in [2.75, 3.05) is 0 Å². The summed E-state index contributed by atoms with van der Waals surface area (Å²) in [5.74, 6) is 0.657. The number of amides is 1. The van der Waals surface area contributed by atoms with Crippen LogP contribution in [0.5, 0.6) is 0 Å². The number of nitrogens with zero attached hydrogens (tertiary/aromatic N) is 3. The first-order chi connectivity index (χ1) is 12.0. The van der Waals surface area contributed by atoms with Gasteiger partial charge in [0.2, 0.25) is 5.91 Å². The number of imidazole rings is 1. The van der Waals surface area contributed by atoms with Gasteiger partial charge in [-0.2, -0.15) is 5.10 Å². The molecule has 1 aromatic carbocycles. The van der Waals surface area contributed by atoms with Crippen LogP contribution in [0.3, 0.4) is 0 Å². The lowest BCUT2D eigenvalue weighted by Crippen LogP contribution is -2.34. The Morgan fingerprint density at radius 1 is 1.32 bits per heavy atom. The fourth-order valence-electron chi connectivity index (χ4n) is 2.97. The molecule has 1 unspecified atom stereocenters. The number of hydrogen-bond acceptors (Lipinski definition) is 4. The van der Waals surface area contributed by atoms with Gasteiger partial charge < -0.3 is 15.6 Å². The first-order valence-corrected chi connectivity index (χ1v) is 8.12. The summed E-state index contributed by atoms with van der Waals surface area (Å²) in [6.07, 6.45) is 3.66. The zero-order valence-corrected chi connectivity index (χ0v) is 14.6. The summed E-state index contributed by atoms with van der Waals surface area (Å²) in [6, 6.07) is 7.14. The van der Waals surface area contributed by atoms with E-state index in [-0.39, 0.29) is 5.91 Å². The maximum absolute atomic E-state index is 12.5. The van der Waals surface area contributed by atoms with E-state index in [1.54, 1.807) is 6.20 Å². The van der Waals surface area contributed by atoms with Crippen LogP contribution in [0.15, 0.2) is 36.7 Å². The molecule has 0 radical (unpaired) electrons. The predicted molar refractivity (Wildman–Crippen MR) is 95.1 cm³/mol. The quantitative estimate of drug-likeness (QED) is 0.660. The maximum Gasteiger partial charge on any atom is 0.241 e. The number of para-hydroxylation sites is 1. The Bertz CT molecular complexity index is 875. The number of aromatic nitrogens is 4. The average Bonchev–Trinajstić information content (AvgIpc) is 3.17. The third-order valence-corrected chi connectivity index (χ3v) is 4.31. The van der Waals surface area contributed by atoms with Crippen molar-refractivity contribution in [2.45, 2.75) is 33.4 Å². The number of rotatable bonds is 5. The van der Waals surface area contributed by atoms with Crippen LogP contribution in [0.1, 0.15) is 34.4 Å². The Balaban J connectivity index is 1.76. The molecule has 0 bridgehead atoms. The van der Waals surface area contributed by atoms with E-state index >= 15 is 0 Å². The predicted octanol–water partition coefficient (Wildman–Crippen LogP) is 1.84. The van der Waals surface area contributed by atoms with E-state index in [1.807, 2.05) is 55.8 Å². The molecule has 3 rings (SSSR count). The van der Waals surface area contributed by atoms with Crippen molar-refractivity contribution in [1.82, 2.24) is 25.1 Å². The first kappa shape index (κ1) is 16.9. The molecule has 7 heteroatoms. The number of benzene rings is 1. The smallest absolute Gasteiger partial charge is 0.241 e. The molecule has 0 spiro atoms. The molecule has 0 aliphatic rings. The summed E-state index contributed by atoms with van der Waals surface area (Å²) in [5, 5.41) is 9.88. The third kappa shape index (κ3) is 3.32. The number of nitrogens with two attached hydrogens (primary N) is 1. The molecular formula is C18H22N6O. The van der Waals surface area contributed by atoms with Gasteiger partial charge in [-0.3, -0.25) is 9.89 Å². The largest absolute Gasteiger partial charge is 0.350 e. The minimum Gasteiger partial charge on any atom is -0.350 e. The highest BCUT2D eigenvalue weighted by molar-refractivity contribution is 5.83. The van der Waals surface area contributed by atoms with Gasteiger partial charge in [0.05, 0.1) is 11.4 Å². The van der Waals surface area contributed by atoms with E-state index in [4.69, 9.17) is 5.73 Å². The normalized spacial score (nSPS) is 12.2. The summed E-state index contributed by atoms with van der Waals surface area (Å²) in [6.45, 7) is 6.02. The summed E-state index contributed by atoms with van der Waals surface area (Å²) in [7, 11) is 0. The molecule has 1 atom stereocenters. The van der Waals surface area contributed by atoms with Crippen molar-refractivity contribution in [3.05, 3.63) is 65.0 Å². The molecule has 4 N–H and O–H groups in total. The molecule has 25 heavy (non-hydrogen) atoms. The topological polar surface area (TPSA) is 102 Å². The van der Waals surface area contributed by atoms with Crippen molar-refractivity contribution in [3.8, 4) is 5.69 Å². The second-order valence-corrected chi connectivity index (χ2v) is 6.02. The third-order valence-electron chi connectivity index (χ3n) is 4.31. The number of carbonyl (C=O) groups excluding carboxylic acids is 1. The van der Waals surface area contributed by atoms with Gasteiger partial charge in [0.1, 0.15) is 11.9 Å². The Labute approximate surface area is 146 Å². The molecule has 2 aromatic heterocycles. The Morgan fingerprint density at radius 2 is 2.08 bits per heavy atom. The van der Waals surface area contributed by atoms with Gasteiger partial charge in [0.15, 0.2) is 0 Å². The molecule has 130 valence electrons. The van der Waals surface area contributed by atoms with Crippen molar-refractivity contribution in [3.63, 3.8) is 0 Å². The van der Waals surface area contributed by atoms with Crippen LogP contribution < -0.4 is 11.1 Å². The second-order valence-electron chi connectivity index (χ2n) is 6.02. The molecule has 3 aromatic rings. The maximum atomic E-state index is 12.5. The summed E-state index contributed by atoms with van der Waals surface area (Å²) in [4.78, 5) is 16.7. The van der Waals surface area contributed by atoms with Crippen LogP contribution in [-0.4, -0.2) is 25.7 Å². The molecule has 0 saturated heterocycles. The van der Waals surface area contributed by atoms with Crippen molar-refractivity contribution in [1.29, 1.82) is 0 Å². The van der Waals surface area contributed by atoms with Gasteiger partial charge in [-0.1, -0.05) is 18.2 Å². The highest BCUT2D eigenvalue weighted by Gasteiger charge is 2.22. The highest BCUT2D eigenvalue weighted by Crippen LogP contribution is 2.19. The lowest BCUT2D eigenvalue weighted by molar-refractivity contribution is -0.122. The Kier molecular flexibility index (Phi) is 4.67. The van der Waals surface area contributed by atoms with Gasteiger partial charge in [-0.05, 0) is 32.4 Å². The molecule has 0 aliphatic carbocycles. The molecule has 0 saturated carbocycles. The van der Waals surface area contributed by atoms with Crippen molar-refractivity contribution >= 4 is 5.91 Å². The van der Waals surface area contributed by atoms with Gasteiger partial charge >= 0.3 is 0 Å². The zero-order chi connectivity index (χ0) is 18.0. The monoisotopic (exact) mass is 338 g/mol. The van der Waals surface area contributed by atoms with Gasteiger partial charge in [-0.25, -0.2) is 4.98 Å². The van der Waals surface area contributed by atoms with Crippen LogP contribution >= 0.6 is 0 Å². The van der Waals surface area contributed by atoms with Crippen LogP contribution in [0, 0.1) is 20.8 Å². The highest BCUT2D eigenvalue weighted by atomic mass is 16.2. The zero-order valence-electron chi connectivity index (χ0n) is 14.6. The van der Waals surface area contributed by atoms with Crippen LogP contribution in [-0.2, 0) is 11.3 Å². The number of hydrogen-bond donors (Lipinski definition) is 3. The molecule has 2 heterocycles. The molecule has 1 amide bonds. The number of nitrogens with one attached hydrogen (secondary N) is 2. The summed E-state index contributed by atoms with van der Waals surface area (Å²) >= 11 is 0. The van der Waals surface area contributed by atoms with E-state index in [0.717, 1.165) is 34.0 Å². The standard InChI is InChI=1S/C18H22N6O/c1-11-16(12(2)23-22-11)17(19)18(25)21-10-14-6-4-5-7-15(14)24-9-8-20-13(24)3/h4-9,17H,10,19H2,1-3H3,(H,21,25)(H,22,23). The Hall–Kier alpha value is -2.93. The van der Waals surface area contributed by atoms with Crippen molar-refractivity contribution < 1.29 is 4.79 Å². The summed E-state index contributed by atoms with van der Waals surface area (Å²) < 4.78 is 1.99. The van der Waals surface area contributed by atoms with E-state index in [0.29, 0.717) is 6.54 Å². The van der Waals surface area contributed by atoms with Crippen LogP contribution in [0.25, 0.3) is 5.69 Å². The van der Waals surface area contributed by atoms with Gasteiger partial charge in [-0.15, -0.1) is 0 Å². The lowest BCUT2D eigenvalue weighted by Gasteiger charge is -2.15. The number of aryl methyl sites for hydroxylation is 3. The van der Waals surface area contributed by atoms with Gasteiger partial charge in [0, 0.05) is 30.2 Å².